The maximum atomic E-state index is 12.9. The van der Waals surface area contributed by atoms with Crippen molar-refractivity contribution in [3.05, 3.63) is 70.4 Å². The normalized spacial score (nSPS) is 10.2. The predicted octanol–water partition coefficient (Wildman–Crippen LogP) is 4.29. The van der Waals surface area contributed by atoms with Gasteiger partial charge in [0.1, 0.15) is 0 Å². The molecule has 28 heavy (non-hydrogen) atoms. The van der Waals surface area contributed by atoms with Gasteiger partial charge in [0.15, 0.2) is 11.5 Å². The number of methoxy groups -OCH3 is 2. The summed E-state index contributed by atoms with van der Waals surface area (Å²) in [5.41, 5.74) is 1.48. The van der Waals surface area contributed by atoms with Gasteiger partial charge in [0.25, 0.3) is 11.8 Å². The van der Waals surface area contributed by atoms with Gasteiger partial charge >= 0.3 is 0 Å². The van der Waals surface area contributed by atoms with Crippen LogP contribution in [0.1, 0.15) is 20.0 Å². The fraction of sp³-hybridized carbons (Fsp3) is 0.143. The van der Waals surface area contributed by atoms with Crippen LogP contribution in [0, 0.1) is 0 Å². The minimum atomic E-state index is -0.325. The molecule has 0 atom stereocenters. The number of carbonyl (C=O) groups is 2. The Balaban J connectivity index is 1.86. The number of hydrogen-bond donors (Lipinski definition) is 1. The lowest BCUT2D eigenvalue weighted by molar-refractivity contribution is 0.0996. The Kier molecular flexibility index (Phi) is 5.96. The number of amides is 2. The highest BCUT2D eigenvalue weighted by atomic mass is 32.1. The van der Waals surface area contributed by atoms with Gasteiger partial charge in [-0.2, -0.15) is 0 Å². The molecule has 2 amide bonds. The summed E-state index contributed by atoms with van der Waals surface area (Å²) in [6, 6.07) is 15.7. The molecule has 0 radical (unpaired) electrons. The number of hydrogen-bond acceptors (Lipinski definition) is 5. The molecule has 0 aliphatic heterocycles. The van der Waals surface area contributed by atoms with E-state index in [0.717, 1.165) is 0 Å². The molecule has 0 aliphatic rings. The van der Waals surface area contributed by atoms with Crippen molar-refractivity contribution < 1.29 is 19.1 Å². The van der Waals surface area contributed by atoms with E-state index in [0.29, 0.717) is 33.3 Å². The molecule has 7 heteroatoms. The molecule has 0 aliphatic carbocycles. The van der Waals surface area contributed by atoms with Gasteiger partial charge in [0.05, 0.1) is 30.3 Å². The fourth-order valence-electron chi connectivity index (χ4n) is 2.75. The molecule has 0 fully saturated rings. The highest BCUT2D eigenvalue weighted by Crippen LogP contribution is 2.30. The van der Waals surface area contributed by atoms with Crippen LogP contribution in [-0.2, 0) is 0 Å². The number of benzene rings is 2. The Morgan fingerprint density at radius 3 is 2.39 bits per heavy atom. The summed E-state index contributed by atoms with van der Waals surface area (Å²) in [4.78, 5) is 27.6. The summed E-state index contributed by atoms with van der Waals surface area (Å²) in [5, 5.41) is 4.69. The summed E-state index contributed by atoms with van der Waals surface area (Å²) in [6.45, 7) is 0. The largest absolute Gasteiger partial charge is 0.493 e. The SMILES string of the molecule is COc1ccc(NC(=O)c2ccccc2N(C)C(=O)c2cccs2)cc1OC. The van der Waals surface area contributed by atoms with Crippen LogP contribution >= 0.6 is 11.3 Å². The number of nitrogens with zero attached hydrogens (tertiary/aromatic N) is 1. The molecule has 6 nitrogen and oxygen atoms in total. The van der Waals surface area contributed by atoms with Gasteiger partial charge in [-0.05, 0) is 35.7 Å². The summed E-state index contributed by atoms with van der Waals surface area (Å²) in [6.07, 6.45) is 0. The van der Waals surface area contributed by atoms with Gasteiger partial charge in [-0.15, -0.1) is 11.3 Å². The smallest absolute Gasteiger partial charge is 0.268 e. The molecular weight excluding hydrogens is 376 g/mol. The lowest BCUT2D eigenvalue weighted by Crippen LogP contribution is -2.28. The number of rotatable bonds is 6. The maximum absolute atomic E-state index is 12.9. The zero-order chi connectivity index (χ0) is 20.1. The second-order valence-corrected chi connectivity index (χ2v) is 6.83. The molecule has 2 aromatic carbocycles. The third-order valence-electron chi connectivity index (χ3n) is 4.19. The zero-order valence-corrected chi connectivity index (χ0v) is 16.6. The Bertz CT molecular complexity index is 986. The minimum Gasteiger partial charge on any atom is -0.493 e. The number of carbonyl (C=O) groups excluding carboxylic acids is 2. The van der Waals surface area contributed by atoms with Crippen molar-refractivity contribution >= 4 is 34.5 Å². The van der Waals surface area contributed by atoms with Crippen molar-refractivity contribution in [3.8, 4) is 11.5 Å². The standard InChI is InChI=1S/C21H20N2O4S/c1-23(21(25)19-9-6-12-28-19)16-8-5-4-7-15(16)20(24)22-14-10-11-17(26-2)18(13-14)27-3/h4-13H,1-3H3,(H,22,24). The molecule has 144 valence electrons. The molecule has 3 rings (SSSR count). The molecule has 1 heterocycles. The van der Waals surface area contributed by atoms with Crippen LogP contribution in [0.3, 0.4) is 0 Å². The van der Waals surface area contributed by atoms with E-state index in [-0.39, 0.29) is 11.8 Å². The molecule has 0 spiro atoms. The average Bonchev–Trinajstić information content (AvgIpc) is 3.27. The Morgan fingerprint density at radius 1 is 0.964 bits per heavy atom. The molecule has 0 saturated heterocycles. The lowest BCUT2D eigenvalue weighted by Gasteiger charge is -2.20. The maximum Gasteiger partial charge on any atom is 0.268 e. The number of para-hydroxylation sites is 1. The first-order valence-corrected chi connectivity index (χ1v) is 9.37. The highest BCUT2D eigenvalue weighted by Gasteiger charge is 2.20. The van der Waals surface area contributed by atoms with Gasteiger partial charge in [-0.25, -0.2) is 0 Å². The topological polar surface area (TPSA) is 67.9 Å². The van der Waals surface area contributed by atoms with Gasteiger partial charge < -0.3 is 19.7 Å². The minimum absolute atomic E-state index is 0.165. The summed E-state index contributed by atoms with van der Waals surface area (Å²) in [7, 11) is 4.74. The Hall–Kier alpha value is -3.32. The monoisotopic (exact) mass is 396 g/mol. The van der Waals surface area contributed by atoms with E-state index in [4.69, 9.17) is 9.47 Å². The first-order valence-electron chi connectivity index (χ1n) is 8.49. The number of anilines is 2. The molecule has 1 N–H and O–H groups in total. The van der Waals surface area contributed by atoms with Gasteiger partial charge in [-0.1, -0.05) is 18.2 Å². The summed E-state index contributed by atoms with van der Waals surface area (Å²) < 4.78 is 10.5. The third-order valence-corrected chi connectivity index (χ3v) is 5.05. The molecule has 0 bridgehead atoms. The van der Waals surface area contributed by atoms with E-state index in [9.17, 15) is 9.59 Å². The summed E-state index contributed by atoms with van der Waals surface area (Å²) in [5.74, 6) is 0.593. The van der Waals surface area contributed by atoms with Crippen molar-refractivity contribution in [1.29, 1.82) is 0 Å². The third kappa shape index (κ3) is 3.99. The van der Waals surface area contributed by atoms with E-state index in [1.54, 1.807) is 62.7 Å². The van der Waals surface area contributed by atoms with Crippen molar-refractivity contribution in [1.82, 2.24) is 0 Å². The van der Waals surface area contributed by atoms with Crippen LogP contribution in [0.25, 0.3) is 0 Å². The van der Waals surface area contributed by atoms with Crippen molar-refractivity contribution in [2.75, 3.05) is 31.5 Å². The lowest BCUT2D eigenvalue weighted by atomic mass is 10.1. The molecular formula is C21H20N2O4S. The van der Waals surface area contributed by atoms with Crippen molar-refractivity contribution in [2.45, 2.75) is 0 Å². The first kappa shape index (κ1) is 19.4. The molecule has 0 unspecified atom stereocenters. The van der Waals surface area contributed by atoms with Crippen LogP contribution in [0.4, 0.5) is 11.4 Å². The molecule has 3 aromatic rings. The molecule has 1 aromatic heterocycles. The van der Waals surface area contributed by atoms with Gasteiger partial charge in [0.2, 0.25) is 0 Å². The van der Waals surface area contributed by atoms with Crippen LogP contribution in [0.2, 0.25) is 0 Å². The van der Waals surface area contributed by atoms with Gasteiger partial charge in [-0.3, -0.25) is 9.59 Å². The van der Waals surface area contributed by atoms with Crippen LogP contribution in [-0.4, -0.2) is 33.1 Å². The quantitative estimate of drug-likeness (QED) is 0.675. The van der Waals surface area contributed by atoms with E-state index in [2.05, 4.69) is 5.32 Å². The van der Waals surface area contributed by atoms with E-state index in [1.165, 1.54) is 23.3 Å². The second kappa shape index (κ2) is 8.58. The zero-order valence-electron chi connectivity index (χ0n) is 15.8. The van der Waals surface area contributed by atoms with Crippen molar-refractivity contribution in [3.63, 3.8) is 0 Å². The van der Waals surface area contributed by atoms with Crippen molar-refractivity contribution in [2.24, 2.45) is 0 Å². The van der Waals surface area contributed by atoms with Gasteiger partial charge in [0, 0.05) is 18.8 Å². The number of thiophene rings is 1. The van der Waals surface area contributed by atoms with Crippen LogP contribution in [0.15, 0.2) is 60.0 Å². The number of nitrogens with one attached hydrogen (secondary N) is 1. The highest BCUT2D eigenvalue weighted by molar-refractivity contribution is 7.12. The first-order chi connectivity index (χ1) is 13.5. The average molecular weight is 396 g/mol. The van der Waals surface area contributed by atoms with Crippen LogP contribution in [0.5, 0.6) is 11.5 Å². The summed E-state index contributed by atoms with van der Waals surface area (Å²) >= 11 is 1.36. The van der Waals surface area contributed by atoms with E-state index in [1.807, 2.05) is 11.4 Å². The number of ether oxygens (including phenoxy) is 2. The predicted molar refractivity (Wildman–Crippen MR) is 111 cm³/mol. The Morgan fingerprint density at radius 2 is 1.71 bits per heavy atom. The van der Waals surface area contributed by atoms with E-state index < -0.39 is 0 Å². The molecule has 0 saturated carbocycles. The second-order valence-electron chi connectivity index (χ2n) is 5.88. The van der Waals surface area contributed by atoms with E-state index >= 15 is 0 Å². The fourth-order valence-corrected chi connectivity index (χ4v) is 3.44. The Labute approximate surface area is 167 Å². The van der Waals surface area contributed by atoms with Crippen LogP contribution < -0.4 is 19.7 Å².